The van der Waals surface area contributed by atoms with Crippen LogP contribution in [0.1, 0.15) is 11.1 Å². The molecule has 0 saturated heterocycles. The Morgan fingerprint density at radius 2 is 1.24 bits per heavy atom. The first-order valence-electron chi connectivity index (χ1n) is 6.81. The van der Waals surface area contributed by atoms with Crippen molar-refractivity contribution in [1.82, 2.24) is 0 Å². The number of para-hydroxylation sites is 2. The summed E-state index contributed by atoms with van der Waals surface area (Å²) < 4.78 is 5.91. The standard InChI is InChI=1S/C19H15NO/c20-19(15-9-3-1-4-10-15)17-13-7-8-14-18(17)21-16-11-5-2-6-12-16/h1-14,20H. The molecule has 0 fully saturated rings. The maximum atomic E-state index is 8.40. The molecule has 1 N–H and O–H groups in total. The Balaban J connectivity index is 1.95. The van der Waals surface area contributed by atoms with Gasteiger partial charge in [-0.15, -0.1) is 0 Å². The van der Waals surface area contributed by atoms with Gasteiger partial charge in [-0.25, -0.2) is 0 Å². The Labute approximate surface area is 124 Å². The van der Waals surface area contributed by atoms with Crippen LogP contribution in [0.5, 0.6) is 11.5 Å². The summed E-state index contributed by atoms with van der Waals surface area (Å²) >= 11 is 0. The Hall–Kier alpha value is -2.87. The number of hydrogen-bond donors (Lipinski definition) is 1. The minimum atomic E-state index is 0.460. The average molecular weight is 273 g/mol. The van der Waals surface area contributed by atoms with Gasteiger partial charge in [-0.05, 0) is 24.3 Å². The van der Waals surface area contributed by atoms with Crippen molar-refractivity contribution in [3.63, 3.8) is 0 Å². The summed E-state index contributed by atoms with van der Waals surface area (Å²) in [6.07, 6.45) is 0. The summed E-state index contributed by atoms with van der Waals surface area (Å²) in [4.78, 5) is 0. The fourth-order valence-electron chi connectivity index (χ4n) is 2.14. The van der Waals surface area contributed by atoms with Gasteiger partial charge in [0, 0.05) is 11.1 Å². The van der Waals surface area contributed by atoms with E-state index in [-0.39, 0.29) is 0 Å². The molecule has 2 nitrogen and oxygen atoms in total. The molecule has 0 bridgehead atoms. The minimum absolute atomic E-state index is 0.460. The highest BCUT2D eigenvalue weighted by Crippen LogP contribution is 2.26. The van der Waals surface area contributed by atoms with Crippen LogP contribution < -0.4 is 4.74 Å². The predicted molar refractivity (Wildman–Crippen MR) is 85.3 cm³/mol. The summed E-state index contributed by atoms with van der Waals surface area (Å²) in [6.45, 7) is 0. The third-order valence-corrected chi connectivity index (χ3v) is 3.19. The molecule has 3 aromatic carbocycles. The van der Waals surface area contributed by atoms with Gasteiger partial charge in [0.25, 0.3) is 0 Å². The van der Waals surface area contributed by atoms with E-state index in [1.54, 1.807) is 0 Å². The molecule has 0 saturated carbocycles. The Kier molecular flexibility index (Phi) is 3.79. The summed E-state index contributed by atoms with van der Waals surface area (Å²) in [6, 6.07) is 26.9. The number of hydrogen-bond acceptors (Lipinski definition) is 2. The van der Waals surface area contributed by atoms with Crippen molar-refractivity contribution in [2.24, 2.45) is 0 Å². The van der Waals surface area contributed by atoms with Gasteiger partial charge in [-0.2, -0.15) is 0 Å². The van der Waals surface area contributed by atoms with Crippen LogP contribution in [0.25, 0.3) is 0 Å². The monoisotopic (exact) mass is 273 g/mol. The van der Waals surface area contributed by atoms with Crippen LogP contribution in [0.15, 0.2) is 84.9 Å². The van der Waals surface area contributed by atoms with Gasteiger partial charge in [0.1, 0.15) is 11.5 Å². The van der Waals surface area contributed by atoms with Crippen molar-refractivity contribution in [1.29, 1.82) is 5.41 Å². The highest BCUT2D eigenvalue weighted by Gasteiger charge is 2.11. The Morgan fingerprint density at radius 1 is 0.667 bits per heavy atom. The lowest BCUT2D eigenvalue weighted by Gasteiger charge is -2.12. The van der Waals surface area contributed by atoms with Crippen LogP contribution in [-0.2, 0) is 0 Å². The van der Waals surface area contributed by atoms with Crippen LogP contribution in [0.2, 0.25) is 0 Å². The van der Waals surface area contributed by atoms with E-state index in [4.69, 9.17) is 10.1 Å². The maximum Gasteiger partial charge on any atom is 0.136 e. The summed E-state index contributed by atoms with van der Waals surface area (Å²) in [5.41, 5.74) is 2.12. The van der Waals surface area contributed by atoms with Crippen molar-refractivity contribution in [2.45, 2.75) is 0 Å². The number of nitrogens with one attached hydrogen (secondary N) is 1. The lowest BCUT2D eigenvalue weighted by Crippen LogP contribution is -2.03. The quantitative estimate of drug-likeness (QED) is 0.674. The average Bonchev–Trinajstić information content (AvgIpc) is 2.56. The van der Waals surface area contributed by atoms with Crippen LogP contribution in [0.4, 0.5) is 0 Å². The van der Waals surface area contributed by atoms with Crippen LogP contribution >= 0.6 is 0 Å². The molecule has 0 aliphatic heterocycles. The van der Waals surface area contributed by atoms with E-state index in [0.717, 1.165) is 16.9 Å². The molecule has 0 radical (unpaired) electrons. The van der Waals surface area contributed by atoms with Gasteiger partial charge in [-0.3, -0.25) is 5.41 Å². The molecule has 0 heterocycles. The number of benzene rings is 3. The first kappa shape index (κ1) is 13.1. The predicted octanol–water partition coefficient (Wildman–Crippen LogP) is 4.90. The molecule has 3 aromatic rings. The topological polar surface area (TPSA) is 33.1 Å². The second-order valence-corrected chi connectivity index (χ2v) is 4.65. The number of rotatable bonds is 4. The van der Waals surface area contributed by atoms with Crippen LogP contribution in [-0.4, -0.2) is 5.71 Å². The van der Waals surface area contributed by atoms with Crippen molar-refractivity contribution in [3.05, 3.63) is 96.1 Å². The second kappa shape index (κ2) is 6.06. The highest BCUT2D eigenvalue weighted by molar-refractivity contribution is 6.12. The second-order valence-electron chi connectivity index (χ2n) is 4.65. The lowest BCUT2D eigenvalue weighted by molar-refractivity contribution is 0.481. The minimum Gasteiger partial charge on any atom is -0.457 e. The molecule has 0 aliphatic carbocycles. The molecule has 0 amide bonds. The molecule has 21 heavy (non-hydrogen) atoms. The van der Waals surface area contributed by atoms with E-state index < -0.39 is 0 Å². The molecule has 0 unspecified atom stereocenters. The summed E-state index contributed by atoms with van der Waals surface area (Å²) in [7, 11) is 0. The Bertz CT molecular complexity index is 736. The zero-order chi connectivity index (χ0) is 14.5. The van der Waals surface area contributed by atoms with Gasteiger partial charge in [0.05, 0.1) is 5.71 Å². The molecule has 3 rings (SSSR count). The first-order chi connectivity index (χ1) is 10.3. The molecule has 2 heteroatoms. The summed E-state index contributed by atoms with van der Waals surface area (Å²) in [5, 5.41) is 8.40. The zero-order valence-electron chi connectivity index (χ0n) is 11.5. The SMILES string of the molecule is N=C(c1ccccc1)c1ccccc1Oc1ccccc1. The van der Waals surface area contributed by atoms with Crippen LogP contribution in [0.3, 0.4) is 0 Å². The van der Waals surface area contributed by atoms with Gasteiger partial charge in [0.2, 0.25) is 0 Å². The molecule has 0 spiro atoms. The maximum absolute atomic E-state index is 8.40. The first-order valence-corrected chi connectivity index (χ1v) is 6.81. The van der Waals surface area contributed by atoms with Crippen molar-refractivity contribution in [2.75, 3.05) is 0 Å². The van der Waals surface area contributed by atoms with Gasteiger partial charge in [-0.1, -0.05) is 60.7 Å². The van der Waals surface area contributed by atoms with E-state index in [1.165, 1.54) is 0 Å². The fraction of sp³-hybridized carbons (Fsp3) is 0. The molecule has 102 valence electrons. The highest BCUT2D eigenvalue weighted by atomic mass is 16.5. The largest absolute Gasteiger partial charge is 0.457 e. The van der Waals surface area contributed by atoms with E-state index in [2.05, 4.69) is 0 Å². The van der Waals surface area contributed by atoms with Gasteiger partial charge in [0.15, 0.2) is 0 Å². The third-order valence-electron chi connectivity index (χ3n) is 3.19. The number of ether oxygens (including phenoxy) is 1. The van der Waals surface area contributed by atoms with Crippen LogP contribution in [0, 0.1) is 5.41 Å². The van der Waals surface area contributed by atoms with Crippen molar-refractivity contribution < 1.29 is 4.74 Å². The molecular weight excluding hydrogens is 258 g/mol. The van der Waals surface area contributed by atoms with Crippen molar-refractivity contribution >= 4 is 5.71 Å². The van der Waals surface area contributed by atoms with E-state index >= 15 is 0 Å². The normalized spacial score (nSPS) is 10.1. The molecule has 0 aliphatic rings. The van der Waals surface area contributed by atoms with E-state index in [1.807, 2.05) is 84.9 Å². The van der Waals surface area contributed by atoms with E-state index in [0.29, 0.717) is 11.5 Å². The van der Waals surface area contributed by atoms with Gasteiger partial charge >= 0.3 is 0 Å². The molecular formula is C19H15NO. The Morgan fingerprint density at radius 3 is 1.95 bits per heavy atom. The zero-order valence-corrected chi connectivity index (χ0v) is 11.5. The van der Waals surface area contributed by atoms with Gasteiger partial charge < -0.3 is 4.74 Å². The van der Waals surface area contributed by atoms with Crippen molar-refractivity contribution in [3.8, 4) is 11.5 Å². The third kappa shape index (κ3) is 3.00. The smallest absolute Gasteiger partial charge is 0.136 e. The van der Waals surface area contributed by atoms with E-state index in [9.17, 15) is 0 Å². The molecule has 0 atom stereocenters. The lowest BCUT2D eigenvalue weighted by atomic mass is 10.0. The summed E-state index contributed by atoms with van der Waals surface area (Å²) in [5.74, 6) is 1.46. The molecule has 0 aromatic heterocycles. The fourth-order valence-corrected chi connectivity index (χ4v) is 2.14.